The SMILES string of the molecule is CCCn1nncc1C(NC)c1ccc(Cl)c(Cl)c1. The molecule has 0 spiro atoms. The maximum atomic E-state index is 6.08. The maximum absolute atomic E-state index is 6.08. The van der Waals surface area contributed by atoms with Gasteiger partial charge in [0.1, 0.15) is 0 Å². The molecule has 1 N–H and O–H groups in total. The Balaban J connectivity index is 2.38. The summed E-state index contributed by atoms with van der Waals surface area (Å²) in [6, 6.07) is 5.63. The molecule has 0 aliphatic heterocycles. The van der Waals surface area contributed by atoms with E-state index in [1.807, 2.05) is 23.9 Å². The first-order valence-electron chi connectivity index (χ1n) is 6.18. The first-order valence-corrected chi connectivity index (χ1v) is 6.93. The van der Waals surface area contributed by atoms with Gasteiger partial charge < -0.3 is 5.32 Å². The molecule has 6 heteroatoms. The van der Waals surface area contributed by atoms with E-state index in [0.717, 1.165) is 24.2 Å². The van der Waals surface area contributed by atoms with Crippen molar-refractivity contribution >= 4 is 23.2 Å². The van der Waals surface area contributed by atoms with E-state index in [2.05, 4.69) is 22.6 Å². The summed E-state index contributed by atoms with van der Waals surface area (Å²) in [7, 11) is 1.90. The minimum atomic E-state index is -0.00341. The molecule has 2 aromatic rings. The van der Waals surface area contributed by atoms with Crippen LogP contribution in [0.3, 0.4) is 0 Å². The predicted molar refractivity (Wildman–Crippen MR) is 77.7 cm³/mol. The largest absolute Gasteiger partial charge is 0.308 e. The van der Waals surface area contributed by atoms with Crippen LogP contribution in [-0.2, 0) is 6.54 Å². The molecule has 0 aliphatic carbocycles. The van der Waals surface area contributed by atoms with Gasteiger partial charge in [0, 0.05) is 6.54 Å². The van der Waals surface area contributed by atoms with Crippen molar-refractivity contribution in [2.45, 2.75) is 25.9 Å². The molecule has 4 nitrogen and oxygen atoms in total. The first kappa shape index (κ1) is 14.3. The number of rotatable bonds is 5. The Morgan fingerprint density at radius 3 is 2.74 bits per heavy atom. The number of hydrogen-bond acceptors (Lipinski definition) is 3. The lowest BCUT2D eigenvalue weighted by Gasteiger charge is -2.18. The Morgan fingerprint density at radius 1 is 1.32 bits per heavy atom. The number of nitrogens with zero attached hydrogens (tertiary/aromatic N) is 3. The van der Waals surface area contributed by atoms with E-state index >= 15 is 0 Å². The molecular formula is C13H16Cl2N4. The molecule has 2 rings (SSSR count). The highest BCUT2D eigenvalue weighted by Gasteiger charge is 2.18. The Hall–Kier alpha value is -1.10. The van der Waals surface area contributed by atoms with E-state index < -0.39 is 0 Å². The highest BCUT2D eigenvalue weighted by molar-refractivity contribution is 6.42. The summed E-state index contributed by atoms with van der Waals surface area (Å²) in [5, 5.41) is 12.5. The zero-order chi connectivity index (χ0) is 13.8. The van der Waals surface area contributed by atoms with Crippen LogP contribution in [0.15, 0.2) is 24.4 Å². The second kappa shape index (κ2) is 6.37. The van der Waals surface area contributed by atoms with Gasteiger partial charge in [-0.05, 0) is 31.2 Å². The summed E-state index contributed by atoms with van der Waals surface area (Å²) in [5.41, 5.74) is 2.05. The number of hydrogen-bond donors (Lipinski definition) is 1. The van der Waals surface area contributed by atoms with E-state index in [0.29, 0.717) is 10.0 Å². The lowest BCUT2D eigenvalue weighted by Crippen LogP contribution is -2.21. The van der Waals surface area contributed by atoms with Crippen LogP contribution in [0, 0.1) is 0 Å². The van der Waals surface area contributed by atoms with Crippen LogP contribution in [0.5, 0.6) is 0 Å². The molecule has 0 fully saturated rings. The van der Waals surface area contributed by atoms with Gasteiger partial charge in [-0.15, -0.1) is 5.10 Å². The fourth-order valence-electron chi connectivity index (χ4n) is 2.05. The van der Waals surface area contributed by atoms with E-state index in [9.17, 15) is 0 Å². The summed E-state index contributed by atoms with van der Waals surface area (Å²) in [5.74, 6) is 0. The molecule has 0 aliphatic rings. The van der Waals surface area contributed by atoms with E-state index in [1.165, 1.54) is 0 Å². The molecule has 0 amide bonds. The summed E-state index contributed by atoms with van der Waals surface area (Å²) in [4.78, 5) is 0. The summed E-state index contributed by atoms with van der Waals surface area (Å²) in [6.45, 7) is 2.95. The molecule has 1 unspecified atom stereocenters. The standard InChI is InChI=1S/C13H16Cl2N4/c1-3-6-19-12(8-17-18-19)13(16-2)9-4-5-10(14)11(15)7-9/h4-5,7-8,13,16H,3,6H2,1-2H3. The minimum absolute atomic E-state index is 0.00341. The predicted octanol–water partition coefficient (Wildman–Crippen LogP) is 3.30. The van der Waals surface area contributed by atoms with Gasteiger partial charge in [0.2, 0.25) is 0 Å². The number of halogens is 2. The molecule has 1 heterocycles. The number of aromatic nitrogens is 3. The van der Waals surface area contributed by atoms with Gasteiger partial charge in [-0.1, -0.05) is 41.4 Å². The fraction of sp³-hybridized carbons (Fsp3) is 0.385. The molecule has 0 bridgehead atoms. The highest BCUT2D eigenvalue weighted by atomic mass is 35.5. The van der Waals surface area contributed by atoms with E-state index in [-0.39, 0.29) is 6.04 Å². The highest BCUT2D eigenvalue weighted by Crippen LogP contribution is 2.28. The fourth-order valence-corrected chi connectivity index (χ4v) is 2.36. The molecule has 1 aromatic carbocycles. The van der Waals surface area contributed by atoms with Gasteiger partial charge >= 0.3 is 0 Å². The molecule has 1 aromatic heterocycles. The molecule has 102 valence electrons. The second-order valence-electron chi connectivity index (χ2n) is 4.28. The van der Waals surface area contributed by atoms with Crippen molar-refractivity contribution in [2.75, 3.05) is 7.05 Å². The van der Waals surface area contributed by atoms with Crippen molar-refractivity contribution in [1.82, 2.24) is 20.3 Å². The van der Waals surface area contributed by atoms with Gasteiger partial charge in [0.05, 0.1) is 28.0 Å². The monoisotopic (exact) mass is 298 g/mol. The van der Waals surface area contributed by atoms with Crippen molar-refractivity contribution in [3.8, 4) is 0 Å². The Morgan fingerprint density at radius 2 is 2.11 bits per heavy atom. The van der Waals surface area contributed by atoms with Crippen LogP contribution in [0.4, 0.5) is 0 Å². The maximum Gasteiger partial charge on any atom is 0.0801 e. The van der Waals surface area contributed by atoms with Crippen LogP contribution < -0.4 is 5.32 Å². The summed E-state index contributed by atoms with van der Waals surface area (Å²) in [6.07, 6.45) is 2.79. The van der Waals surface area contributed by atoms with Crippen LogP contribution in [0.1, 0.15) is 30.6 Å². The van der Waals surface area contributed by atoms with Gasteiger partial charge in [-0.2, -0.15) is 0 Å². The van der Waals surface area contributed by atoms with Gasteiger partial charge in [-0.25, -0.2) is 4.68 Å². The number of benzene rings is 1. The third-order valence-electron chi connectivity index (χ3n) is 2.94. The molecule has 0 saturated carbocycles. The first-order chi connectivity index (χ1) is 9.17. The molecule has 0 saturated heterocycles. The summed E-state index contributed by atoms with van der Waals surface area (Å²) < 4.78 is 1.91. The average Bonchev–Trinajstić information content (AvgIpc) is 2.83. The number of aryl methyl sites for hydroxylation is 1. The van der Waals surface area contributed by atoms with Crippen LogP contribution >= 0.6 is 23.2 Å². The van der Waals surface area contributed by atoms with Crippen molar-refractivity contribution in [3.05, 3.63) is 45.7 Å². The van der Waals surface area contributed by atoms with Gasteiger partial charge in [0.15, 0.2) is 0 Å². The quantitative estimate of drug-likeness (QED) is 0.921. The third-order valence-corrected chi connectivity index (χ3v) is 3.68. The Bertz CT molecular complexity index is 553. The van der Waals surface area contributed by atoms with Crippen LogP contribution in [0.2, 0.25) is 10.0 Å². The molecular weight excluding hydrogens is 283 g/mol. The Kier molecular flexibility index (Phi) is 4.80. The molecule has 1 atom stereocenters. The van der Waals surface area contributed by atoms with Crippen molar-refractivity contribution < 1.29 is 0 Å². The summed E-state index contributed by atoms with van der Waals surface area (Å²) >= 11 is 12.0. The zero-order valence-electron chi connectivity index (χ0n) is 10.9. The molecule has 19 heavy (non-hydrogen) atoms. The normalized spacial score (nSPS) is 12.6. The van der Waals surface area contributed by atoms with Crippen molar-refractivity contribution in [1.29, 1.82) is 0 Å². The lowest BCUT2D eigenvalue weighted by atomic mass is 10.0. The Labute approximate surface area is 122 Å². The van der Waals surface area contributed by atoms with E-state index in [1.54, 1.807) is 12.3 Å². The smallest absolute Gasteiger partial charge is 0.0801 e. The van der Waals surface area contributed by atoms with Crippen molar-refractivity contribution in [2.24, 2.45) is 0 Å². The van der Waals surface area contributed by atoms with Gasteiger partial charge in [0.25, 0.3) is 0 Å². The van der Waals surface area contributed by atoms with Crippen LogP contribution in [0.25, 0.3) is 0 Å². The third kappa shape index (κ3) is 3.08. The van der Waals surface area contributed by atoms with Crippen LogP contribution in [-0.4, -0.2) is 22.0 Å². The number of nitrogens with one attached hydrogen (secondary N) is 1. The van der Waals surface area contributed by atoms with E-state index in [4.69, 9.17) is 23.2 Å². The lowest BCUT2D eigenvalue weighted by molar-refractivity contribution is 0.523. The zero-order valence-corrected chi connectivity index (χ0v) is 12.4. The average molecular weight is 299 g/mol. The minimum Gasteiger partial charge on any atom is -0.308 e. The molecule has 0 radical (unpaired) electrons. The topological polar surface area (TPSA) is 42.7 Å². The van der Waals surface area contributed by atoms with Crippen molar-refractivity contribution in [3.63, 3.8) is 0 Å². The van der Waals surface area contributed by atoms with Gasteiger partial charge in [-0.3, -0.25) is 0 Å². The second-order valence-corrected chi connectivity index (χ2v) is 5.09.